The lowest BCUT2D eigenvalue weighted by Gasteiger charge is -2.28. The Balaban J connectivity index is 1.40. The molecule has 3 aliphatic rings. The summed E-state index contributed by atoms with van der Waals surface area (Å²) in [6, 6.07) is 12.9. The number of fused-ring (bicyclic) bond motifs is 2. The van der Waals surface area contributed by atoms with Crippen molar-refractivity contribution < 1.29 is 18.7 Å². The summed E-state index contributed by atoms with van der Waals surface area (Å²) in [6.45, 7) is 4.22. The van der Waals surface area contributed by atoms with Gasteiger partial charge >= 0.3 is 0 Å². The van der Waals surface area contributed by atoms with Gasteiger partial charge in [-0.1, -0.05) is 30.3 Å². The summed E-state index contributed by atoms with van der Waals surface area (Å²) in [4.78, 5) is 26.7. The molecule has 0 aromatic heterocycles. The fourth-order valence-electron chi connectivity index (χ4n) is 4.97. The van der Waals surface area contributed by atoms with Gasteiger partial charge in [0.05, 0.1) is 29.9 Å². The number of carbonyl (C=O) groups excluding carboxylic acids is 2. The van der Waals surface area contributed by atoms with Gasteiger partial charge in [-0.05, 0) is 66.8 Å². The molecule has 0 N–H and O–H groups in total. The molecule has 2 unspecified atom stereocenters. The summed E-state index contributed by atoms with van der Waals surface area (Å²) in [7, 11) is 0. The predicted molar refractivity (Wildman–Crippen MR) is 111 cm³/mol. The normalized spacial score (nSPS) is 25.2. The Morgan fingerprint density at radius 2 is 1.63 bits per heavy atom. The van der Waals surface area contributed by atoms with Gasteiger partial charge in [-0.25, -0.2) is 4.39 Å². The SMILES string of the molecule is Cc1cccc(C)c1C1C=C(F)C=C2C[C@H](CN3C(=O)c4ccccc4C3=O)OC21. The average molecular weight is 403 g/mol. The maximum atomic E-state index is 14.5. The lowest BCUT2D eigenvalue weighted by atomic mass is 9.81. The number of carbonyl (C=O) groups is 2. The molecule has 1 aliphatic carbocycles. The van der Waals surface area contributed by atoms with Gasteiger partial charge in [0.25, 0.3) is 11.8 Å². The topological polar surface area (TPSA) is 46.6 Å². The summed E-state index contributed by atoms with van der Waals surface area (Å²) in [5.41, 5.74) is 5.00. The molecule has 2 aromatic carbocycles. The van der Waals surface area contributed by atoms with E-state index in [1.807, 2.05) is 32.0 Å². The Hall–Kier alpha value is -3.05. The Morgan fingerprint density at radius 3 is 2.27 bits per heavy atom. The Labute approximate surface area is 174 Å². The molecule has 1 fully saturated rings. The van der Waals surface area contributed by atoms with Gasteiger partial charge in [0.2, 0.25) is 0 Å². The smallest absolute Gasteiger partial charge is 0.261 e. The van der Waals surface area contributed by atoms with E-state index in [-0.39, 0.29) is 42.3 Å². The van der Waals surface area contributed by atoms with Gasteiger partial charge < -0.3 is 4.74 Å². The van der Waals surface area contributed by atoms with Crippen LogP contribution < -0.4 is 0 Å². The molecule has 4 nitrogen and oxygen atoms in total. The number of ether oxygens (including phenoxy) is 1. The quantitative estimate of drug-likeness (QED) is 0.702. The number of benzene rings is 2. The summed E-state index contributed by atoms with van der Waals surface area (Å²) in [5, 5.41) is 0. The van der Waals surface area contributed by atoms with E-state index in [4.69, 9.17) is 4.74 Å². The van der Waals surface area contributed by atoms with E-state index < -0.39 is 0 Å². The van der Waals surface area contributed by atoms with E-state index in [1.165, 1.54) is 11.0 Å². The Morgan fingerprint density at radius 1 is 1.00 bits per heavy atom. The molecule has 2 aliphatic heterocycles. The zero-order valence-electron chi connectivity index (χ0n) is 16.9. The number of halogens is 1. The van der Waals surface area contributed by atoms with Crippen LogP contribution in [0.2, 0.25) is 0 Å². The second kappa shape index (κ2) is 7.03. The van der Waals surface area contributed by atoms with Crippen molar-refractivity contribution >= 4 is 11.8 Å². The molecule has 2 amide bonds. The number of nitrogens with zero attached hydrogens (tertiary/aromatic N) is 1. The minimum absolute atomic E-state index is 0.168. The zero-order chi connectivity index (χ0) is 21.0. The van der Waals surface area contributed by atoms with E-state index in [0.717, 1.165) is 22.3 Å². The van der Waals surface area contributed by atoms with Crippen molar-refractivity contribution in [3.8, 4) is 0 Å². The van der Waals surface area contributed by atoms with Crippen LogP contribution in [0.4, 0.5) is 4.39 Å². The molecule has 2 heterocycles. The maximum absolute atomic E-state index is 14.5. The molecule has 0 radical (unpaired) electrons. The monoisotopic (exact) mass is 403 g/mol. The van der Waals surface area contributed by atoms with Crippen LogP contribution in [-0.4, -0.2) is 35.5 Å². The number of allylic oxidation sites excluding steroid dienone is 2. The molecule has 3 atom stereocenters. The lowest BCUT2D eigenvalue weighted by molar-refractivity contribution is 0.0212. The fraction of sp³-hybridized carbons (Fsp3) is 0.280. The standard InChI is InChI=1S/C25H22FNO3/c1-14-6-5-7-15(2)22(14)21-12-17(26)10-16-11-18(30-23(16)21)13-27-24(28)19-8-3-4-9-20(19)25(27)29/h3-10,12,18,21,23H,11,13H2,1-2H3/t18-,21?,23?/m1/s1. The first-order chi connectivity index (χ1) is 14.4. The first-order valence-electron chi connectivity index (χ1n) is 10.2. The first-order valence-corrected chi connectivity index (χ1v) is 10.2. The third kappa shape index (κ3) is 2.92. The third-order valence-corrected chi connectivity index (χ3v) is 6.30. The second-order valence-corrected chi connectivity index (χ2v) is 8.25. The van der Waals surface area contributed by atoms with E-state index >= 15 is 0 Å². The summed E-state index contributed by atoms with van der Waals surface area (Å²) in [6.07, 6.45) is 3.02. The van der Waals surface area contributed by atoms with Crippen molar-refractivity contribution in [3.05, 3.63) is 93.8 Å². The molecular weight excluding hydrogens is 381 g/mol. The summed E-state index contributed by atoms with van der Waals surface area (Å²) >= 11 is 0. The van der Waals surface area contributed by atoms with Crippen LogP contribution in [0.25, 0.3) is 0 Å². The maximum Gasteiger partial charge on any atom is 0.261 e. The summed E-state index contributed by atoms with van der Waals surface area (Å²) < 4.78 is 20.8. The molecule has 5 rings (SSSR count). The number of amides is 2. The lowest BCUT2D eigenvalue weighted by Crippen LogP contribution is -2.37. The van der Waals surface area contributed by atoms with Crippen LogP contribution in [0.3, 0.4) is 0 Å². The number of hydrogen-bond acceptors (Lipinski definition) is 3. The van der Waals surface area contributed by atoms with Crippen molar-refractivity contribution in [1.82, 2.24) is 4.90 Å². The van der Waals surface area contributed by atoms with Crippen LogP contribution in [-0.2, 0) is 4.74 Å². The minimum atomic E-state index is -0.352. The van der Waals surface area contributed by atoms with Crippen molar-refractivity contribution in [2.24, 2.45) is 0 Å². The highest BCUT2D eigenvalue weighted by Crippen LogP contribution is 2.43. The highest BCUT2D eigenvalue weighted by molar-refractivity contribution is 6.21. The van der Waals surface area contributed by atoms with Gasteiger partial charge in [0, 0.05) is 5.92 Å². The number of imide groups is 1. The molecular formula is C25H22FNO3. The number of aryl methyl sites for hydroxylation is 2. The minimum Gasteiger partial charge on any atom is -0.367 e. The highest BCUT2D eigenvalue weighted by Gasteiger charge is 2.43. The van der Waals surface area contributed by atoms with Crippen LogP contribution in [0.15, 0.2) is 66.0 Å². The van der Waals surface area contributed by atoms with Crippen molar-refractivity contribution in [2.75, 3.05) is 6.54 Å². The largest absolute Gasteiger partial charge is 0.367 e. The molecule has 0 spiro atoms. The van der Waals surface area contributed by atoms with E-state index in [1.54, 1.807) is 30.3 Å². The van der Waals surface area contributed by atoms with E-state index in [9.17, 15) is 14.0 Å². The van der Waals surface area contributed by atoms with Crippen molar-refractivity contribution in [2.45, 2.75) is 38.4 Å². The van der Waals surface area contributed by atoms with Gasteiger partial charge in [-0.2, -0.15) is 0 Å². The zero-order valence-corrected chi connectivity index (χ0v) is 16.9. The Bertz CT molecular complexity index is 1080. The molecule has 2 aromatic rings. The van der Waals surface area contributed by atoms with Gasteiger partial charge in [0.15, 0.2) is 0 Å². The summed E-state index contributed by atoms with van der Waals surface area (Å²) in [5.74, 6) is -1.07. The number of hydrogen-bond donors (Lipinski definition) is 0. The van der Waals surface area contributed by atoms with Gasteiger partial charge in [-0.15, -0.1) is 0 Å². The molecule has 0 bridgehead atoms. The average Bonchev–Trinajstić information content (AvgIpc) is 3.22. The fourth-order valence-corrected chi connectivity index (χ4v) is 4.97. The molecule has 30 heavy (non-hydrogen) atoms. The van der Waals surface area contributed by atoms with Crippen LogP contribution >= 0.6 is 0 Å². The van der Waals surface area contributed by atoms with Crippen LogP contribution in [0, 0.1) is 13.8 Å². The first kappa shape index (κ1) is 18.9. The van der Waals surface area contributed by atoms with Crippen molar-refractivity contribution in [3.63, 3.8) is 0 Å². The third-order valence-electron chi connectivity index (χ3n) is 6.30. The van der Waals surface area contributed by atoms with Crippen LogP contribution in [0.5, 0.6) is 0 Å². The molecule has 1 saturated heterocycles. The van der Waals surface area contributed by atoms with Crippen molar-refractivity contribution in [1.29, 1.82) is 0 Å². The van der Waals surface area contributed by atoms with Crippen LogP contribution in [0.1, 0.15) is 49.7 Å². The molecule has 152 valence electrons. The molecule has 5 heteroatoms. The van der Waals surface area contributed by atoms with E-state index in [2.05, 4.69) is 0 Å². The van der Waals surface area contributed by atoms with E-state index in [0.29, 0.717) is 17.5 Å². The predicted octanol–water partition coefficient (Wildman–Crippen LogP) is 4.63. The molecule has 0 saturated carbocycles. The highest BCUT2D eigenvalue weighted by atomic mass is 19.1. The Kier molecular flexibility index (Phi) is 4.44. The van der Waals surface area contributed by atoms with Gasteiger partial charge in [0.1, 0.15) is 5.83 Å². The number of rotatable bonds is 3. The van der Waals surface area contributed by atoms with Gasteiger partial charge in [-0.3, -0.25) is 14.5 Å². The second-order valence-electron chi connectivity index (χ2n) is 8.25.